The van der Waals surface area contributed by atoms with Crippen LogP contribution >= 0.6 is 11.8 Å². The highest BCUT2D eigenvalue weighted by atomic mass is 32.2. The Hall–Kier alpha value is -3.37. The lowest BCUT2D eigenvalue weighted by Crippen LogP contribution is -2.22. The van der Waals surface area contributed by atoms with Crippen molar-refractivity contribution in [1.82, 2.24) is 9.55 Å². The number of aryl methyl sites for hydroxylation is 1. The van der Waals surface area contributed by atoms with Crippen LogP contribution in [0.25, 0.3) is 16.6 Å². The molecule has 2 aromatic carbocycles. The Morgan fingerprint density at radius 1 is 1.21 bits per heavy atom. The second kappa shape index (κ2) is 8.11. The number of carbonyl (C=O) groups excluding carboxylic acids is 1. The second-order valence-corrected chi connectivity index (χ2v) is 7.21. The number of nitriles is 1. The molecule has 28 heavy (non-hydrogen) atoms. The summed E-state index contributed by atoms with van der Waals surface area (Å²) in [5, 5.41) is 10.00. The molecule has 1 heterocycles. The molecule has 0 fully saturated rings. The van der Waals surface area contributed by atoms with E-state index in [1.807, 2.05) is 37.3 Å². The first-order chi connectivity index (χ1) is 13.4. The monoisotopic (exact) mass is 390 g/mol. The molecule has 0 saturated carbocycles. The summed E-state index contributed by atoms with van der Waals surface area (Å²) in [6, 6.07) is 16.4. The van der Waals surface area contributed by atoms with Crippen LogP contribution in [-0.2, 0) is 4.79 Å². The summed E-state index contributed by atoms with van der Waals surface area (Å²) in [7, 11) is 0. The number of carbonyl (C=O) groups is 1. The molecule has 1 aromatic heterocycles. The van der Waals surface area contributed by atoms with Gasteiger partial charge in [-0.1, -0.05) is 41.6 Å². The van der Waals surface area contributed by atoms with Gasteiger partial charge in [-0.15, -0.1) is 0 Å². The SMILES string of the molecule is C/C(N)=C(/C#N)C(=O)CSc1nc2ccccc2c(=O)n1-c1ccc(C)cc1. The molecular formula is C21H18N4O2S. The predicted octanol–water partition coefficient (Wildman–Crippen LogP) is 3.11. The van der Waals surface area contributed by atoms with Crippen molar-refractivity contribution in [2.45, 2.75) is 19.0 Å². The standard InChI is InChI=1S/C21H18N4O2S/c1-13-7-9-15(10-8-13)25-20(27)16-5-3-4-6-18(16)24-21(25)28-12-19(26)17(11-22)14(2)23/h3-10H,12,23H2,1-2H3/b17-14+. The van der Waals surface area contributed by atoms with Crippen LogP contribution in [-0.4, -0.2) is 21.1 Å². The molecule has 0 radical (unpaired) electrons. The lowest BCUT2D eigenvalue weighted by atomic mass is 10.2. The Balaban J connectivity index is 2.10. The van der Waals surface area contributed by atoms with Crippen molar-refractivity contribution in [2.24, 2.45) is 5.73 Å². The Labute approximate surface area is 166 Å². The number of benzene rings is 2. The minimum Gasteiger partial charge on any atom is -0.401 e. The van der Waals surface area contributed by atoms with Gasteiger partial charge in [0, 0.05) is 5.70 Å². The third-order valence-corrected chi connectivity index (χ3v) is 5.09. The highest BCUT2D eigenvalue weighted by Crippen LogP contribution is 2.22. The van der Waals surface area contributed by atoms with Crippen molar-refractivity contribution in [1.29, 1.82) is 5.26 Å². The number of thioether (sulfide) groups is 1. The summed E-state index contributed by atoms with van der Waals surface area (Å²) in [6.45, 7) is 3.47. The van der Waals surface area contributed by atoms with Gasteiger partial charge in [0.25, 0.3) is 5.56 Å². The number of ketones is 1. The lowest BCUT2D eigenvalue weighted by Gasteiger charge is -2.13. The van der Waals surface area contributed by atoms with E-state index in [9.17, 15) is 9.59 Å². The fourth-order valence-corrected chi connectivity index (χ4v) is 3.59. The smallest absolute Gasteiger partial charge is 0.266 e. The molecular weight excluding hydrogens is 372 g/mol. The number of rotatable bonds is 5. The average Bonchev–Trinajstić information content (AvgIpc) is 2.68. The molecule has 0 aliphatic rings. The molecule has 2 N–H and O–H groups in total. The Morgan fingerprint density at radius 3 is 2.54 bits per heavy atom. The zero-order valence-corrected chi connectivity index (χ0v) is 16.3. The minimum atomic E-state index is -0.398. The molecule has 0 unspecified atom stereocenters. The molecule has 0 saturated heterocycles. The molecule has 6 nitrogen and oxygen atoms in total. The van der Waals surface area contributed by atoms with Crippen LogP contribution in [0.4, 0.5) is 0 Å². The summed E-state index contributed by atoms with van der Waals surface area (Å²) in [4.78, 5) is 30.0. The van der Waals surface area contributed by atoms with Gasteiger partial charge in [-0.05, 0) is 38.1 Å². The molecule has 0 aliphatic heterocycles. The van der Waals surface area contributed by atoms with E-state index < -0.39 is 5.78 Å². The van der Waals surface area contributed by atoms with Crippen LogP contribution < -0.4 is 11.3 Å². The first-order valence-corrected chi connectivity index (χ1v) is 9.52. The maximum absolute atomic E-state index is 13.1. The van der Waals surface area contributed by atoms with Crippen LogP contribution in [0, 0.1) is 18.3 Å². The van der Waals surface area contributed by atoms with Crippen molar-refractivity contribution in [3.8, 4) is 11.8 Å². The van der Waals surface area contributed by atoms with Gasteiger partial charge in [0.05, 0.1) is 22.3 Å². The highest BCUT2D eigenvalue weighted by molar-refractivity contribution is 7.99. The average molecular weight is 390 g/mol. The van der Waals surface area contributed by atoms with Crippen LogP contribution in [0.2, 0.25) is 0 Å². The van der Waals surface area contributed by atoms with E-state index in [2.05, 4.69) is 4.98 Å². The van der Waals surface area contributed by atoms with Crippen LogP contribution in [0.5, 0.6) is 0 Å². The topological polar surface area (TPSA) is 102 Å². The maximum atomic E-state index is 13.1. The first-order valence-electron chi connectivity index (χ1n) is 8.53. The summed E-state index contributed by atoms with van der Waals surface area (Å²) in [5.74, 6) is -0.445. The van der Waals surface area contributed by atoms with E-state index in [-0.39, 0.29) is 22.6 Å². The zero-order valence-electron chi connectivity index (χ0n) is 15.5. The molecule has 0 atom stereocenters. The summed E-state index contributed by atoms with van der Waals surface area (Å²) in [5.41, 5.74) is 7.78. The third-order valence-electron chi connectivity index (χ3n) is 4.15. The van der Waals surface area contributed by atoms with Crippen molar-refractivity contribution in [3.05, 3.63) is 75.7 Å². The third kappa shape index (κ3) is 3.82. The lowest BCUT2D eigenvalue weighted by molar-refractivity contribution is -0.112. The van der Waals surface area contributed by atoms with Crippen LogP contribution in [0.1, 0.15) is 12.5 Å². The number of fused-ring (bicyclic) bond motifs is 1. The predicted molar refractivity (Wildman–Crippen MR) is 110 cm³/mol. The van der Waals surface area contributed by atoms with Crippen molar-refractivity contribution < 1.29 is 4.79 Å². The Kier molecular flexibility index (Phi) is 5.62. The van der Waals surface area contributed by atoms with Gasteiger partial charge in [-0.2, -0.15) is 5.26 Å². The number of para-hydroxylation sites is 1. The normalized spacial score (nSPS) is 11.8. The van der Waals surface area contributed by atoms with Gasteiger partial charge >= 0.3 is 0 Å². The largest absolute Gasteiger partial charge is 0.401 e. The molecule has 0 spiro atoms. The fourth-order valence-electron chi connectivity index (χ4n) is 2.70. The fraction of sp³-hybridized carbons (Fsp3) is 0.143. The zero-order chi connectivity index (χ0) is 20.3. The van der Waals surface area contributed by atoms with E-state index in [0.29, 0.717) is 21.7 Å². The molecule has 0 amide bonds. The maximum Gasteiger partial charge on any atom is 0.266 e. The van der Waals surface area contributed by atoms with Gasteiger partial charge in [-0.25, -0.2) is 4.98 Å². The Bertz CT molecular complexity index is 1180. The van der Waals surface area contributed by atoms with Crippen molar-refractivity contribution in [2.75, 3.05) is 5.75 Å². The van der Waals surface area contributed by atoms with E-state index in [4.69, 9.17) is 11.0 Å². The summed E-state index contributed by atoms with van der Waals surface area (Å²) < 4.78 is 1.49. The molecule has 3 aromatic rings. The number of hydrogen-bond acceptors (Lipinski definition) is 6. The number of hydrogen-bond donors (Lipinski definition) is 1. The quantitative estimate of drug-likeness (QED) is 0.311. The highest BCUT2D eigenvalue weighted by Gasteiger charge is 2.17. The molecule has 0 aliphatic carbocycles. The number of nitrogens with zero attached hydrogens (tertiary/aromatic N) is 3. The molecule has 3 rings (SSSR count). The summed E-state index contributed by atoms with van der Waals surface area (Å²) in [6.07, 6.45) is 0. The van der Waals surface area contributed by atoms with Gasteiger partial charge in [-0.3, -0.25) is 14.2 Å². The minimum absolute atomic E-state index is 0.0475. The summed E-state index contributed by atoms with van der Waals surface area (Å²) >= 11 is 1.11. The van der Waals surface area contributed by atoms with Gasteiger partial charge < -0.3 is 5.73 Å². The molecule has 7 heteroatoms. The van der Waals surface area contributed by atoms with E-state index >= 15 is 0 Å². The molecule has 0 bridgehead atoms. The van der Waals surface area contributed by atoms with E-state index in [1.54, 1.807) is 24.3 Å². The van der Waals surface area contributed by atoms with Gasteiger partial charge in [0.1, 0.15) is 11.6 Å². The van der Waals surface area contributed by atoms with Crippen LogP contribution in [0.3, 0.4) is 0 Å². The second-order valence-electron chi connectivity index (χ2n) is 6.27. The van der Waals surface area contributed by atoms with Gasteiger partial charge in [0.2, 0.25) is 0 Å². The number of allylic oxidation sites excluding steroid dienone is 2. The van der Waals surface area contributed by atoms with E-state index in [0.717, 1.165) is 17.3 Å². The van der Waals surface area contributed by atoms with Crippen LogP contribution in [0.15, 0.2) is 69.8 Å². The van der Waals surface area contributed by atoms with E-state index in [1.165, 1.54) is 11.5 Å². The van der Waals surface area contributed by atoms with Gasteiger partial charge in [0.15, 0.2) is 10.9 Å². The van der Waals surface area contributed by atoms with Crippen molar-refractivity contribution in [3.63, 3.8) is 0 Å². The first kappa shape index (κ1) is 19.4. The number of nitrogens with two attached hydrogens (primary N) is 1. The Morgan fingerprint density at radius 2 is 1.89 bits per heavy atom. The number of aromatic nitrogens is 2. The molecule has 140 valence electrons. The van der Waals surface area contributed by atoms with Crippen molar-refractivity contribution >= 4 is 28.4 Å². The number of Topliss-reactive ketones (excluding diaryl/α,β-unsaturated/α-hetero) is 1.